The Hall–Kier alpha value is -1.49. The van der Waals surface area contributed by atoms with Crippen LogP contribution in [0.3, 0.4) is 0 Å². The highest BCUT2D eigenvalue weighted by molar-refractivity contribution is 8.00. The number of unbranched alkanes of at least 4 members (excludes halogenated alkanes) is 1. The van der Waals surface area contributed by atoms with Crippen molar-refractivity contribution in [1.29, 1.82) is 0 Å². The first kappa shape index (κ1) is 14.6. The maximum atomic E-state index is 11.4. The summed E-state index contributed by atoms with van der Waals surface area (Å²) >= 11 is 1.19. The van der Waals surface area contributed by atoms with Gasteiger partial charge in [0.15, 0.2) is 0 Å². The number of thioether (sulfide) groups is 1. The van der Waals surface area contributed by atoms with E-state index in [-0.39, 0.29) is 17.3 Å². The summed E-state index contributed by atoms with van der Waals surface area (Å²) in [7, 11) is 0. The van der Waals surface area contributed by atoms with Crippen LogP contribution in [0.4, 0.5) is 0 Å². The molecular formula is C13H16O4S. The molecule has 0 atom stereocenters. The first-order chi connectivity index (χ1) is 8.65. The van der Waals surface area contributed by atoms with Crippen molar-refractivity contribution in [3.8, 4) is 0 Å². The Labute approximate surface area is 110 Å². The monoisotopic (exact) mass is 268 g/mol. The number of hydrogen-bond acceptors (Lipinski definition) is 4. The predicted octanol–water partition coefficient (Wildman–Crippen LogP) is 2.82. The Morgan fingerprint density at radius 3 is 2.72 bits per heavy atom. The van der Waals surface area contributed by atoms with Crippen molar-refractivity contribution in [3.05, 3.63) is 29.8 Å². The average molecular weight is 268 g/mol. The third-order valence-corrected chi connectivity index (χ3v) is 3.27. The Morgan fingerprint density at radius 1 is 1.33 bits per heavy atom. The molecule has 0 radical (unpaired) electrons. The molecule has 1 N–H and O–H groups in total. The molecule has 0 aliphatic carbocycles. The van der Waals surface area contributed by atoms with E-state index >= 15 is 0 Å². The Kier molecular flexibility index (Phi) is 6.28. The lowest BCUT2D eigenvalue weighted by Gasteiger charge is -2.06. The Bertz CT molecular complexity index is 417. The zero-order valence-corrected chi connectivity index (χ0v) is 11.0. The van der Waals surface area contributed by atoms with Crippen molar-refractivity contribution in [1.82, 2.24) is 0 Å². The van der Waals surface area contributed by atoms with Crippen molar-refractivity contribution in [2.24, 2.45) is 0 Å². The molecule has 0 aliphatic heterocycles. The number of esters is 1. The van der Waals surface area contributed by atoms with Gasteiger partial charge in [-0.1, -0.05) is 25.5 Å². The molecule has 0 unspecified atom stereocenters. The predicted molar refractivity (Wildman–Crippen MR) is 70.0 cm³/mol. The molecule has 1 aromatic rings. The summed E-state index contributed by atoms with van der Waals surface area (Å²) in [6, 6.07) is 6.62. The molecule has 0 bridgehead atoms. The second-order valence-electron chi connectivity index (χ2n) is 3.66. The minimum absolute atomic E-state index is 0.133. The molecule has 0 fully saturated rings. The molecule has 98 valence electrons. The van der Waals surface area contributed by atoms with E-state index in [1.807, 2.05) is 6.92 Å². The molecule has 0 saturated carbocycles. The fraction of sp³-hybridized carbons (Fsp3) is 0.385. The standard InChI is InChI=1S/C13H16O4S/c1-2-3-8-17-12(14)9-18-11-7-5-4-6-10(11)13(15)16/h4-7H,2-3,8-9H2,1H3,(H,15,16). The summed E-state index contributed by atoms with van der Waals surface area (Å²) in [6.45, 7) is 2.45. The number of carboxylic acids is 1. The van der Waals surface area contributed by atoms with Gasteiger partial charge >= 0.3 is 11.9 Å². The van der Waals surface area contributed by atoms with Crippen molar-refractivity contribution < 1.29 is 19.4 Å². The molecule has 0 aliphatic rings. The summed E-state index contributed by atoms with van der Waals surface area (Å²) in [6.07, 6.45) is 1.82. The molecule has 0 amide bonds. The van der Waals surface area contributed by atoms with Gasteiger partial charge in [-0.05, 0) is 18.6 Å². The zero-order valence-electron chi connectivity index (χ0n) is 10.2. The van der Waals surface area contributed by atoms with Crippen LogP contribution in [0.25, 0.3) is 0 Å². The lowest BCUT2D eigenvalue weighted by molar-refractivity contribution is -0.140. The van der Waals surface area contributed by atoms with E-state index in [0.717, 1.165) is 12.8 Å². The van der Waals surface area contributed by atoms with Crippen LogP contribution in [0.5, 0.6) is 0 Å². The van der Waals surface area contributed by atoms with Gasteiger partial charge in [0.05, 0.1) is 17.9 Å². The molecule has 4 nitrogen and oxygen atoms in total. The second-order valence-corrected chi connectivity index (χ2v) is 4.68. The zero-order chi connectivity index (χ0) is 13.4. The van der Waals surface area contributed by atoms with Crippen LogP contribution in [0, 0.1) is 0 Å². The number of hydrogen-bond donors (Lipinski definition) is 1. The largest absolute Gasteiger partial charge is 0.478 e. The van der Waals surface area contributed by atoms with Crippen molar-refractivity contribution in [2.45, 2.75) is 24.7 Å². The van der Waals surface area contributed by atoms with E-state index in [9.17, 15) is 9.59 Å². The van der Waals surface area contributed by atoms with Crippen LogP contribution < -0.4 is 0 Å². The van der Waals surface area contributed by atoms with Crippen LogP contribution >= 0.6 is 11.8 Å². The number of rotatable bonds is 7. The summed E-state index contributed by atoms with van der Waals surface area (Å²) in [5.74, 6) is -1.17. The van der Waals surface area contributed by atoms with Crippen molar-refractivity contribution in [3.63, 3.8) is 0 Å². The van der Waals surface area contributed by atoms with Crippen LogP contribution in [0.1, 0.15) is 30.1 Å². The lowest BCUT2D eigenvalue weighted by Crippen LogP contribution is -2.09. The first-order valence-corrected chi connectivity index (χ1v) is 6.74. The number of carboxylic acid groups (broad SMARTS) is 1. The van der Waals surface area contributed by atoms with Gasteiger partial charge in [-0.3, -0.25) is 4.79 Å². The minimum Gasteiger partial charge on any atom is -0.478 e. The smallest absolute Gasteiger partial charge is 0.336 e. The number of ether oxygens (including phenoxy) is 1. The number of carbonyl (C=O) groups is 2. The third kappa shape index (κ3) is 4.79. The Balaban J connectivity index is 2.48. The topological polar surface area (TPSA) is 63.6 Å². The van der Waals surface area contributed by atoms with Gasteiger partial charge in [0.1, 0.15) is 0 Å². The van der Waals surface area contributed by atoms with Gasteiger partial charge in [0.25, 0.3) is 0 Å². The summed E-state index contributed by atoms with van der Waals surface area (Å²) < 4.78 is 5.00. The quantitative estimate of drug-likeness (QED) is 0.468. The first-order valence-electron chi connectivity index (χ1n) is 5.76. The van der Waals surface area contributed by atoms with Gasteiger partial charge < -0.3 is 9.84 Å². The normalized spacial score (nSPS) is 10.1. The lowest BCUT2D eigenvalue weighted by atomic mass is 10.2. The molecule has 0 saturated heterocycles. The second kappa shape index (κ2) is 7.76. The molecule has 18 heavy (non-hydrogen) atoms. The van der Waals surface area contributed by atoms with E-state index in [2.05, 4.69) is 0 Å². The number of aromatic carboxylic acids is 1. The number of carbonyl (C=O) groups excluding carboxylic acids is 1. The maximum absolute atomic E-state index is 11.4. The highest BCUT2D eigenvalue weighted by Gasteiger charge is 2.11. The van der Waals surface area contributed by atoms with Crippen LogP contribution in [0.2, 0.25) is 0 Å². The molecule has 0 aromatic heterocycles. The minimum atomic E-state index is -0.988. The van der Waals surface area contributed by atoms with Crippen LogP contribution in [-0.4, -0.2) is 29.4 Å². The fourth-order valence-electron chi connectivity index (χ4n) is 1.28. The van der Waals surface area contributed by atoms with Gasteiger partial charge in [-0.2, -0.15) is 0 Å². The van der Waals surface area contributed by atoms with E-state index in [1.54, 1.807) is 18.2 Å². The molecular weight excluding hydrogens is 252 g/mol. The fourth-order valence-corrected chi connectivity index (χ4v) is 2.12. The van der Waals surface area contributed by atoms with Gasteiger partial charge in [0, 0.05) is 4.90 Å². The Morgan fingerprint density at radius 2 is 2.06 bits per heavy atom. The molecule has 1 aromatic carbocycles. The molecule has 1 rings (SSSR count). The highest BCUT2D eigenvalue weighted by atomic mass is 32.2. The van der Waals surface area contributed by atoms with E-state index in [1.165, 1.54) is 17.8 Å². The number of benzene rings is 1. The average Bonchev–Trinajstić information content (AvgIpc) is 2.37. The molecule has 0 heterocycles. The summed E-state index contributed by atoms with van der Waals surface area (Å²) in [4.78, 5) is 22.9. The van der Waals surface area contributed by atoms with Crippen molar-refractivity contribution in [2.75, 3.05) is 12.4 Å². The highest BCUT2D eigenvalue weighted by Crippen LogP contribution is 2.22. The van der Waals surface area contributed by atoms with Crippen LogP contribution in [0.15, 0.2) is 29.2 Å². The SMILES string of the molecule is CCCCOC(=O)CSc1ccccc1C(=O)O. The van der Waals surface area contributed by atoms with Crippen molar-refractivity contribution >= 4 is 23.7 Å². The maximum Gasteiger partial charge on any atom is 0.336 e. The van der Waals surface area contributed by atoms with Crippen LogP contribution in [-0.2, 0) is 9.53 Å². The van der Waals surface area contributed by atoms with E-state index in [0.29, 0.717) is 11.5 Å². The van der Waals surface area contributed by atoms with Gasteiger partial charge in [0.2, 0.25) is 0 Å². The summed E-state index contributed by atoms with van der Waals surface area (Å²) in [5.41, 5.74) is 0.212. The van der Waals surface area contributed by atoms with Gasteiger partial charge in [-0.15, -0.1) is 11.8 Å². The molecule has 5 heteroatoms. The van der Waals surface area contributed by atoms with E-state index < -0.39 is 5.97 Å². The van der Waals surface area contributed by atoms with E-state index in [4.69, 9.17) is 9.84 Å². The van der Waals surface area contributed by atoms with Gasteiger partial charge in [-0.25, -0.2) is 4.79 Å². The summed E-state index contributed by atoms with van der Waals surface area (Å²) in [5, 5.41) is 8.97. The third-order valence-electron chi connectivity index (χ3n) is 2.22. The molecule has 0 spiro atoms.